The average Bonchev–Trinajstić information content (AvgIpc) is 3.07. The highest BCUT2D eigenvalue weighted by molar-refractivity contribution is 6.22. The van der Waals surface area contributed by atoms with Gasteiger partial charge >= 0.3 is 0 Å². The number of nitro benzene ring substituents is 1. The van der Waals surface area contributed by atoms with E-state index in [-0.39, 0.29) is 17.3 Å². The Morgan fingerprint density at radius 1 is 1.09 bits per heavy atom. The number of fused-ring (bicyclic) bond motifs is 1. The maximum absolute atomic E-state index is 11.5. The van der Waals surface area contributed by atoms with Crippen LogP contribution in [0.15, 0.2) is 71.7 Å². The van der Waals surface area contributed by atoms with Crippen molar-refractivity contribution >= 4 is 33.7 Å². The highest BCUT2D eigenvalue weighted by atomic mass is 16.6. The first-order chi connectivity index (χ1) is 15.1. The molecule has 1 aromatic heterocycles. The molecular weight excluding hydrogens is 406 g/mol. The Kier molecular flexibility index (Phi) is 5.15. The Morgan fingerprint density at radius 3 is 2.44 bits per heavy atom. The van der Waals surface area contributed by atoms with Gasteiger partial charge in [0.05, 0.1) is 21.9 Å². The summed E-state index contributed by atoms with van der Waals surface area (Å²) in [5.41, 5.74) is 14.8. The summed E-state index contributed by atoms with van der Waals surface area (Å²) in [6.45, 7) is 3.82. The van der Waals surface area contributed by atoms with Crippen LogP contribution in [0.3, 0.4) is 0 Å². The quantitative estimate of drug-likeness (QED) is 0.157. The van der Waals surface area contributed by atoms with E-state index in [0.717, 1.165) is 16.5 Å². The molecule has 1 heterocycles. The molecule has 8 nitrogen and oxygen atoms in total. The smallest absolute Gasteiger partial charge is 0.292 e. The summed E-state index contributed by atoms with van der Waals surface area (Å²) in [5, 5.41) is 22.9. The number of rotatable bonds is 5. The fourth-order valence-electron chi connectivity index (χ4n) is 3.58. The topological polar surface area (TPSA) is 144 Å². The lowest BCUT2D eigenvalue weighted by Crippen LogP contribution is -2.28. The summed E-state index contributed by atoms with van der Waals surface area (Å²) in [5.74, 6) is -0.0795. The molecule has 4 rings (SSSR count). The van der Waals surface area contributed by atoms with Crippen LogP contribution in [0.5, 0.6) is 5.88 Å². The number of nitrogens with one attached hydrogen (secondary N) is 1. The van der Waals surface area contributed by atoms with Gasteiger partial charge in [0.25, 0.3) is 5.69 Å². The summed E-state index contributed by atoms with van der Waals surface area (Å²) in [4.78, 5) is 18.6. The van der Waals surface area contributed by atoms with Crippen LogP contribution in [0.1, 0.15) is 30.5 Å². The molecule has 32 heavy (non-hydrogen) atoms. The fraction of sp³-hybridized carbons (Fsp3) is 0.125. The van der Waals surface area contributed by atoms with Crippen molar-refractivity contribution < 1.29 is 10.0 Å². The molecule has 6 N–H and O–H groups in total. The van der Waals surface area contributed by atoms with Gasteiger partial charge in [-0.25, -0.2) is 4.99 Å². The van der Waals surface area contributed by atoms with Gasteiger partial charge in [0.2, 0.25) is 0 Å². The van der Waals surface area contributed by atoms with Crippen LogP contribution < -0.4 is 11.5 Å². The van der Waals surface area contributed by atoms with Crippen molar-refractivity contribution in [3.63, 3.8) is 0 Å². The predicted molar refractivity (Wildman–Crippen MR) is 126 cm³/mol. The molecule has 0 bridgehead atoms. The minimum atomic E-state index is -0.538. The molecule has 0 saturated carbocycles. The van der Waals surface area contributed by atoms with Gasteiger partial charge in [0.1, 0.15) is 5.69 Å². The number of hydrogen-bond acceptors (Lipinski definition) is 6. The second kappa shape index (κ2) is 7.82. The van der Waals surface area contributed by atoms with E-state index in [0.29, 0.717) is 22.5 Å². The Morgan fingerprint density at radius 2 is 1.78 bits per heavy atom. The van der Waals surface area contributed by atoms with Crippen LogP contribution in [0.25, 0.3) is 10.9 Å². The number of aliphatic imine (C=N–C) groups is 1. The molecular formula is C24H23N5O3. The Bertz CT molecular complexity index is 1350. The van der Waals surface area contributed by atoms with Gasteiger partial charge in [-0.3, -0.25) is 10.1 Å². The number of nitrogens with zero attached hydrogens (tertiary/aromatic N) is 2. The van der Waals surface area contributed by atoms with E-state index in [1.807, 2.05) is 62.4 Å². The molecule has 162 valence electrons. The van der Waals surface area contributed by atoms with E-state index in [2.05, 4.69) is 4.98 Å². The molecule has 0 saturated heterocycles. The number of nitrogen functional groups attached to an aromatic ring is 1. The first-order valence-electron chi connectivity index (χ1n) is 9.97. The van der Waals surface area contributed by atoms with Crippen LogP contribution in [0.2, 0.25) is 0 Å². The SMILES string of the molecule is CC(C)(N)c1ccc(N=C(c2ccc(N)c([N+](=O)[O-])c2)c2c(O)[nH]c3ccccc23)cc1. The molecule has 0 aliphatic heterocycles. The number of nitro groups is 1. The maximum atomic E-state index is 11.5. The molecule has 0 atom stereocenters. The number of para-hydroxylation sites is 1. The number of aromatic nitrogens is 1. The highest BCUT2D eigenvalue weighted by Crippen LogP contribution is 2.33. The fourth-order valence-corrected chi connectivity index (χ4v) is 3.58. The molecule has 4 aromatic rings. The van der Waals surface area contributed by atoms with Crippen molar-refractivity contribution in [2.24, 2.45) is 10.7 Å². The van der Waals surface area contributed by atoms with Gasteiger partial charge in [-0.15, -0.1) is 0 Å². The van der Waals surface area contributed by atoms with Crippen molar-refractivity contribution in [3.05, 3.63) is 93.5 Å². The molecule has 0 aliphatic carbocycles. The second-order valence-electron chi connectivity index (χ2n) is 8.15. The van der Waals surface area contributed by atoms with Crippen LogP contribution in [-0.2, 0) is 5.54 Å². The first kappa shape index (κ1) is 21.1. The lowest BCUT2D eigenvalue weighted by Gasteiger charge is -2.19. The molecule has 3 aromatic carbocycles. The number of hydrogen-bond donors (Lipinski definition) is 4. The number of aromatic hydroxyl groups is 1. The third-order valence-corrected chi connectivity index (χ3v) is 5.28. The molecule has 0 spiro atoms. The minimum absolute atomic E-state index is 0.0516. The third-order valence-electron chi connectivity index (χ3n) is 5.28. The van der Waals surface area contributed by atoms with Gasteiger partial charge in [-0.05, 0) is 43.7 Å². The standard InChI is InChI=1S/C24H23N5O3/c1-24(2,26)15-8-10-16(11-9-15)27-22(14-7-12-18(25)20(13-14)29(31)32)21-17-5-3-4-6-19(17)28-23(21)30/h3-13,28,30H,25-26H2,1-2H3. The largest absolute Gasteiger partial charge is 0.494 e. The van der Waals surface area contributed by atoms with E-state index < -0.39 is 10.5 Å². The minimum Gasteiger partial charge on any atom is -0.494 e. The summed E-state index contributed by atoms with van der Waals surface area (Å²) >= 11 is 0. The predicted octanol–water partition coefficient (Wildman–Crippen LogP) is 4.73. The number of benzene rings is 3. The highest BCUT2D eigenvalue weighted by Gasteiger charge is 2.22. The lowest BCUT2D eigenvalue weighted by molar-refractivity contribution is -0.383. The van der Waals surface area contributed by atoms with Crippen molar-refractivity contribution in [1.29, 1.82) is 0 Å². The number of nitrogens with two attached hydrogens (primary N) is 2. The molecule has 0 aliphatic rings. The van der Waals surface area contributed by atoms with Crippen molar-refractivity contribution in [2.75, 3.05) is 5.73 Å². The van der Waals surface area contributed by atoms with Crippen molar-refractivity contribution in [1.82, 2.24) is 4.98 Å². The molecule has 0 unspecified atom stereocenters. The summed E-state index contributed by atoms with van der Waals surface area (Å²) in [6.07, 6.45) is 0. The zero-order valence-corrected chi connectivity index (χ0v) is 17.7. The van der Waals surface area contributed by atoms with E-state index in [9.17, 15) is 15.2 Å². The molecule has 0 fully saturated rings. The van der Waals surface area contributed by atoms with Crippen LogP contribution in [0, 0.1) is 10.1 Å². The Labute approximate surface area is 184 Å². The first-order valence-corrected chi connectivity index (χ1v) is 9.97. The average molecular weight is 429 g/mol. The van der Waals surface area contributed by atoms with Crippen LogP contribution in [-0.4, -0.2) is 20.7 Å². The monoisotopic (exact) mass is 429 g/mol. The van der Waals surface area contributed by atoms with Crippen molar-refractivity contribution in [2.45, 2.75) is 19.4 Å². The van der Waals surface area contributed by atoms with Crippen LogP contribution in [0.4, 0.5) is 17.1 Å². The molecule has 0 amide bonds. The second-order valence-corrected chi connectivity index (χ2v) is 8.15. The van der Waals surface area contributed by atoms with Gasteiger partial charge in [0, 0.05) is 28.1 Å². The number of H-pyrrole nitrogens is 1. The summed E-state index contributed by atoms with van der Waals surface area (Å²) in [7, 11) is 0. The van der Waals surface area contributed by atoms with E-state index in [4.69, 9.17) is 16.5 Å². The lowest BCUT2D eigenvalue weighted by atomic mass is 9.95. The zero-order chi connectivity index (χ0) is 23.0. The van der Waals surface area contributed by atoms with Gasteiger partial charge in [-0.1, -0.05) is 36.4 Å². The van der Waals surface area contributed by atoms with Gasteiger partial charge < -0.3 is 21.6 Å². The van der Waals surface area contributed by atoms with Crippen molar-refractivity contribution in [3.8, 4) is 5.88 Å². The molecule has 0 radical (unpaired) electrons. The summed E-state index contributed by atoms with van der Waals surface area (Å²) < 4.78 is 0. The Balaban J connectivity index is 1.95. The number of aromatic amines is 1. The van der Waals surface area contributed by atoms with E-state index in [1.54, 1.807) is 6.07 Å². The maximum Gasteiger partial charge on any atom is 0.292 e. The van der Waals surface area contributed by atoms with Crippen LogP contribution >= 0.6 is 0 Å². The zero-order valence-electron chi connectivity index (χ0n) is 17.7. The van der Waals surface area contributed by atoms with Gasteiger partial charge in [0.15, 0.2) is 5.88 Å². The summed E-state index contributed by atoms with van der Waals surface area (Å²) in [6, 6.07) is 19.3. The van der Waals surface area contributed by atoms with E-state index in [1.165, 1.54) is 12.1 Å². The van der Waals surface area contributed by atoms with Gasteiger partial charge in [-0.2, -0.15) is 0 Å². The Hall–Kier alpha value is -4.17. The molecule has 8 heteroatoms. The normalized spacial score (nSPS) is 12.3. The number of anilines is 1. The van der Waals surface area contributed by atoms with E-state index >= 15 is 0 Å². The third kappa shape index (κ3) is 3.91.